The van der Waals surface area contributed by atoms with Crippen LogP contribution in [0.1, 0.15) is 27.4 Å². The number of aromatic nitrogens is 4. The summed E-state index contributed by atoms with van der Waals surface area (Å²) in [6.45, 7) is 4.41. The molecule has 20 heavy (non-hydrogen) atoms. The van der Waals surface area contributed by atoms with Crippen molar-refractivity contribution in [3.05, 3.63) is 47.2 Å². The number of carbonyl (C=O) groups is 1. The van der Waals surface area contributed by atoms with Crippen molar-refractivity contribution in [1.82, 2.24) is 25.5 Å². The van der Waals surface area contributed by atoms with Crippen molar-refractivity contribution in [1.29, 1.82) is 0 Å². The summed E-state index contributed by atoms with van der Waals surface area (Å²) in [6.07, 6.45) is 1.42. The van der Waals surface area contributed by atoms with Crippen LogP contribution in [-0.2, 0) is 6.54 Å². The predicted octanol–water partition coefficient (Wildman–Crippen LogP) is 1.83. The lowest BCUT2D eigenvalue weighted by Gasteiger charge is -2.03. The fraction of sp³-hybridized carbons (Fsp3) is 0.214. The molecular weight excluding hydrogens is 254 g/mol. The van der Waals surface area contributed by atoms with Gasteiger partial charge in [0.05, 0.1) is 6.54 Å². The molecule has 0 fully saturated rings. The second-order valence-electron chi connectivity index (χ2n) is 4.75. The number of rotatable bonds is 3. The van der Waals surface area contributed by atoms with Crippen LogP contribution in [0.3, 0.4) is 0 Å². The normalized spacial score (nSPS) is 10.9. The smallest absolute Gasteiger partial charge is 0.251 e. The summed E-state index contributed by atoms with van der Waals surface area (Å²) in [4.78, 5) is 19.4. The van der Waals surface area contributed by atoms with Crippen molar-refractivity contribution in [3.63, 3.8) is 0 Å². The lowest BCUT2D eigenvalue weighted by atomic mass is 10.1. The van der Waals surface area contributed by atoms with Crippen molar-refractivity contribution in [2.24, 2.45) is 0 Å². The predicted molar refractivity (Wildman–Crippen MR) is 75.3 cm³/mol. The van der Waals surface area contributed by atoms with Gasteiger partial charge in [-0.25, -0.2) is 4.98 Å². The number of fused-ring (bicyclic) bond motifs is 1. The number of hydrogen-bond donors (Lipinski definition) is 3. The number of carbonyl (C=O) groups excluding carboxylic acids is 1. The van der Waals surface area contributed by atoms with Gasteiger partial charge in [0, 0.05) is 22.2 Å². The number of nitrogens with zero attached hydrogens (tertiary/aromatic N) is 2. The Labute approximate surface area is 115 Å². The molecular formula is C14H15N5O. The summed E-state index contributed by atoms with van der Waals surface area (Å²) >= 11 is 0. The van der Waals surface area contributed by atoms with Crippen molar-refractivity contribution >= 4 is 16.8 Å². The molecule has 0 atom stereocenters. The van der Waals surface area contributed by atoms with Crippen LogP contribution in [0.15, 0.2) is 24.5 Å². The SMILES string of the molecule is Cc1[nH]c2ccc(C(=O)NCc3ncn[nH]3)cc2c1C. The van der Waals surface area contributed by atoms with Crippen molar-refractivity contribution in [2.75, 3.05) is 0 Å². The molecule has 1 aromatic carbocycles. The summed E-state index contributed by atoms with van der Waals surface area (Å²) in [7, 11) is 0. The molecule has 6 nitrogen and oxygen atoms in total. The Morgan fingerprint density at radius 2 is 2.20 bits per heavy atom. The molecule has 0 saturated carbocycles. The highest BCUT2D eigenvalue weighted by molar-refractivity contribution is 5.98. The van der Waals surface area contributed by atoms with Gasteiger partial charge in [0.2, 0.25) is 0 Å². The van der Waals surface area contributed by atoms with Gasteiger partial charge < -0.3 is 10.3 Å². The molecule has 2 heterocycles. The Bertz CT molecular complexity index is 757. The van der Waals surface area contributed by atoms with Crippen LogP contribution in [-0.4, -0.2) is 26.1 Å². The number of H-pyrrole nitrogens is 2. The van der Waals surface area contributed by atoms with E-state index in [1.54, 1.807) is 0 Å². The minimum Gasteiger partial charge on any atom is -0.358 e. The molecule has 3 N–H and O–H groups in total. The van der Waals surface area contributed by atoms with E-state index in [0.29, 0.717) is 17.9 Å². The quantitative estimate of drug-likeness (QED) is 0.678. The fourth-order valence-corrected chi connectivity index (χ4v) is 2.18. The van der Waals surface area contributed by atoms with Gasteiger partial charge in [-0.3, -0.25) is 9.89 Å². The lowest BCUT2D eigenvalue weighted by Crippen LogP contribution is -2.23. The van der Waals surface area contributed by atoms with Crippen LogP contribution in [0.25, 0.3) is 10.9 Å². The van der Waals surface area contributed by atoms with E-state index in [2.05, 4.69) is 25.5 Å². The van der Waals surface area contributed by atoms with Gasteiger partial charge in [-0.1, -0.05) is 0 Å². The van der Waals surface area contributed by atoms with Crippen molar-refractivity contribution < 1.29 is 4.79 Å². The number of hydrogen-bond acceptors (Lipinski definition) is 3. The van der Waals surface area contributed by atoms with Gasteiger partial charge in [-0.15, -0.1) is 0 Å². The first-order chi connectivity index (χ1) is 9.65. The van der Waals surface area contributed by atoms with Crippen LogP contribution in [0.4, 0.5) is 0 Å². The zero-order chi connectivity index (χ0) is 14.1. The zero-order valence-corrected chi connectivity index (χ0v) is 11.3. The van der Waals surface area contributed by atoms with Crippen LogP contribution in [0, 0.1) is 13.8 Å². The summed E-state index contributed by atoms with van der Waals surface area (Å²) in [5, 5.41) is 10.3. The van der Waals surface area contributed by atoms with Crippen LogP contribution < -0.4 is 5.32 Å². The molecule has 0 spiro atoms. The van der Waals surface area contributed by atoms with Crippen molar-refractivity contribution in [2.45, 2.75) is 20.4 Å². The molecule has 3 aromatic rings. The van der Waals surface area contributed by atoms with Crippen molar-refractivity contribution in [3.8, 4) is 0 Å². The highest BCUT2D eigenvalue weighted by atomic mass is 16.1. The van der Waals surface area contributed by atoms with Crippen LogP contribution >= 0.6 is 0 Å². The molecule has 102 valence electrons. The van der Waals surface area contributed by atoms with E-state index in [1.807, 2.05) is 32.0 Å². The molecule has 0 aliphatic carbocycles. The first kappa shape index (κ1) is 12.4. The third kappa shape index (κ3) is 2.16. The Morgan fingerprint density at radius 3 is 2.95 bits per heavy atom. The monoisotopic (exact) mass is 269 g/mol. The molecule has 0 saturated heterocycles. The zero-order valence-electron chi connectivity index (χ0n) is 11.3. The summed E-state index contributed by atoms with van der Waals surface area (Å²) in [6, 6.07) is 5.65. The van der Waals surface area contributed by atoms with E-state index >= 15 is 0 Å². The number of amides is 1. The fourth-order valence-electron chi connectivity index (χ4n) is 2.18. The van der Waals surface area contributed by atoms with Gasteiger partial charge in [0.25, 0.3) is 5.91 Å². The van der Waals surface area contributed by atoms with E-state index in [1.165, 1.54) is 11.9 Å². The minimum absolute atomic E-state index is 0.124. The second kappa shape index (κ2) is 4.80. The van der Waals surface area contributed by atoms with E-state index in [0.717, 1.165) is 16.6 Å². The second-order valence-corrected chi connectivity index (χ2v) is 4.75. The molecule has 6 heteroatoms. The first-order valence-electron chi connectivity index (χ1n) is 6.36. The van der Waals surface area contributed by atoms with E-state index in [-0.39, 0.29) is 5.91 Å². The number of benzene rings is 1. The summed E-state index contributed by atoms with van der Waals surface area (Å²) < 4.78 is 0. The van der Waals surface area contributed by atoms with Gasteiger partial charge in [0.15, 0.2) is 0 Å². The lowest BCUT2D eigenvalue weighted by molar-refractivity contribution is 0.0950. The standard InChI is InChI=1S/C14H15N5O/c1-8-9(2)18-12-4-3-10(5-11(8)12)14(20)15-6-13-16-7-17-19-13/h3-5,7,18H,6H2,1-2H3,(H,15,20)(H,16,17,19). The maximum absolute atomic E-state index is 12.1. The summed E-state index contributed by atoms with van der Waals surface area (Å²) in [5.41, 5.74) is 3.98. The van der Waals surface area contributed by atoms with Gasteiger partial charge in [0.1, 0.15) is 12.2 Å². The average molecular weight is 269 g/mol. The third-order valence-corrected chi connectivity index (χ3v) is 3.45. The largest absolute Gasteiger partial charge is 0.358 e. The molecule has 0 aliphatic heterocycles. The van der Waals surface area contributed by atoms with Crippen LogP contribution in [0.5, 0.6) is 0 Å². The Morgan fingerprint density at radius 1 is 1.35 bits per heavy atom. The molecule has 2 aromatic heterocycles. The molecule has 1 amide bonds. The molecule has 0 radical (unpaired) electrons. The maximum Gasteiger partial charge on any atom is 0.251 e. The highest BCUT2D eigenvalue weighted by Gasteiger charge is 2.10. The summed E-state index contributed by atoms with van der Waals surface area (Å²) in [5.74, 6) is 0.509. The van der Waals surface area contributed by atoms with Crippen LogP contribution in [0.2, 0.25) is 0 Å². The Balaban J connectivity index is 1.82. The Hall–Kier alpha value is -2.63. The number of aryl methyl sites for hydroxylation is 2. The highest BCUT2D eigenvalue weighted by Crippen LogP contribution is 2.22. The average Bonchev–Trinajstić information content (AvgIpc) is 3.06. The van der Waals surface area contributed by atoms with Gasteiger partial charge in [-0.2, -0.15) is 5.10 Å². The minimum atomic E-state index is -0.124. The molecule has 0 unspecified atom stereocenters. The van der Waals surface area contributed by atoms with E-state index < -0.39 is 0 Å². The number of nitrogens with one attached hydrogen (secondary N) is 3. The van der Waals surface area contributed by atoms with E-state index in [9.17, 15) is 4.79 Å². The van der Waals surface area contributed by atoms with E-state index in [4.69, 9.17) is 0 Å². The molecule has 0 aliphatic rings. The maximum atomic E-state index is 12.1. The molecule has 0 bridgehead atoms. The third-order valence-electron chi connectivity index (χ3n) is 3.45. The topological polar surface area (TPSA) is 86.5 Å². The first-order valence-corrected chi connectivity index (χ1v) is 6.36. The van der Waals surface area contributed by atoms with Gasteiger partial charge in [-0.05, 0) is 37.6 Å². The number of aromatic amines is 2. The van der Waals surface area contributed by atoms with Gasteiger partial charge >= 0.3 is 0 Å². The molecule has 3 rings (SSSR count). The Kier molecular flexibility index (Phi) is 2.98.